The van der Waals surface area contributed by atoms with E-state index in [0.717, 1.165) is 38.5 Å². The van der Waals surface area contributed by atoms with E-state index in [1.54, 1.807) is 0 Å². The van der Waals surface area contributed by atoms with E-state index in [-0.39, 0.29) is 32.2 Å². The Bertz CT molecular complexity index is 1150. The first-order valence-electron chi connectivity index (χ1n) is 30.3. The van der Waals surface area contributed by atoms with Crippen molar-refractivity contribution in [3.63, 3.8) is 0 Å². The van der Waals surface area contributed by atoms with Gasteiger partial charge in [0, 0.05) is 12.8 Å². The number of quaternary nitrogens is 1. The highest BCUT2D eigenvalue weighted by Crippen LogP contribution is 2.18. The first-order valence-corrected chi connectivity index (χ1v) is 30.3. The highest BCUT2D eigenvalue weighted by atomic mass is 16.7. The second-order valence-corrected chi connectivity index (χ2v) is 22.0. The number of esters is 2. The van der Waals surface area contributed by atoms with Crippen molar-refractivity contribution in [2.75, 3.05) is 47.5 Å². The lowest BCUT2D eigenvalue weighted by Crippen LogP contribution is -2.44. The number of aliphatic carboxylic acids is 1. The second-order valence-electron chi connectivity index (χ2n) is 22.0. The number of carbonyl (C=O) groups is 3. The Morgan fingerprint density at radius 3 is 1.06 bits per heavy atom. The summed E-state index contributed by atoms with van der Waals surface area (Å²) >= 11 is 0. The molecule has 0 aromatic heterocycles. The number of unbranched alkanes of at least 4 members (excludes halogenated alkanes) is 40. The average Bonchev–Trinajstić information content (AvgIpc) is 3.33. The maximum absolute atomic E-state index is 12.9. The summed E-state index contributed by atoms with van der Waals surface area (Å²) in [6, 6.07) is 0. The Labute approximate surface area is 434 Å². The lowest BCUT2D eigenvalue weighted by atomic mass is 10.0. The summed E-state index contributed by atoms with van der Waals surface area (Å²) in [4.78, 5) is 37.3. The Balaban J connectivity index is 4.11. The third-order valence-corrected chi connectivity index (χ3v) is 13.8. The predicted octanol–water partition coefficient (Wildman–Crippen LogP) is 16.4. The Morgan fingerprint density at radius 1 is 0.414 bits per heavy atom. The van der Waals surface area contributed by atoms with Crippen LogP contribution in [0.5, 0.6) is 0 Å². The molecule has 0 rings (SSSR count). The number of likely N-dealkylation sites (N-methyl/N-ethyl adjacent to an activating group) is 1. The molecule has 2 unspecified atom stereocenters. The summed E-state index contributed by atoms with van der Waals surface area (Å²) in [6.45, 7) is 4.81. The highest BCUT2D eigenvalue weighted by molar-refractivity contribution is 5.70. The first kappa shape index (κ1) is 68.0. The molecular formula is C61H117NO8. The molecule has 0 fully saturated rings. The molecule has 0 amide bonds. The molecule has 0 heterocycles. The molecule has 0 N–H and O–H groups in total. The van der Waals surface area contributed by atoms with Crippen LogP contribution in [0.1, 0.15) is 303 Å². The van der Waals surface area contributed by atoms with Gasteiger partial charge in [0.15, 0.2) is 12.4 Å². The third kappa shape index (κ3) is 53.8. The Morgan fingerprint density at radius 2 is 0.729 bits per heavy atom. The van der Waals surface area contributed by atoms with Crippen LogP contribution in [0, 0.1) is 0 Å². The van der Waals surface area contributed by atoms with E-state index >= 15 is 0 Å². The molecule has 0 bridgehead atoms. The molecule has 0 aromatic rings. The molecule has 0 aliphatic carbocycles. The van der Waals surface area contributed by atoms with Crippen molar-refractivity contribution in [1.29, 1.82) is 0 Å². The van der Waals surface area contributed by atoms with Gasteiger partial charge in [0.1, 0.15) is 13.2 Å². The zero-order chi connectivity index (χ0) is 51.3. The fourth-order valence-corrected chi connectivity index (χ4v) is 9.06. The van der Waals surface area contributed by atoms with Crippen LogP contribution in [0.3, 0.4) is 0 Å². The van der Waals surface area contributed by atoms with Gasteiger partial charge in [-0.3, -0.25) is 9.59 Å². The van der Waals surface area contributed by atoms with E-state index in [9.17, 15) is 19.5 Å². The van der Waals surface area contributed by atoms with Crippen molar-refractivity contribution in [2.24, 2.45) is 0 Å². The van der Waals surface area contributed by atoms with Gasteiger partial charge in [0.2, 0.25) is 0 Å². The topological polar surface area (TPSA) is 111 Å². The van der Waals surface area contributed by atoms with Crippen LogP contribution in [0.2, 0.25) is 0 Å². The smallest absolute Gasteiger partial charge is 0.306 e. The molecule has 0 saturated heterocycles. The van der Waals surface area contributed by atoms with Gasteiger partial charge < -0.3 is 33.3 Å². The monoisotopic (exact) mass is 992 g/mol. The van der Waals surface area contributed by atoms with E-state index in [0.29, 0.717) is 17.4 Å². The fourth-order valence-electron chi connectivity index (χ4n) is 9.06. The van der Waals surface area contributed by atoms with Crippen LogP contribution >= 0.6 is 0 Å². The minimum atomic E-state index is -1.62. The maximum Gasteiger partial charge on any atom is 0.306 e. The molecule has 0 aliphatic rings. The van der Waals surface area contributed by atoms with Crippen LogP contribution in [0.15, 0.2) is 12.2 Å². The highest BCUT2D eigenvalue weighted by Gasteiger charge is 2.22. The Hall–Kier alpha value is -1.97. The van der Waals surface area contributed by atoms with Gasteiger partial charge >= 0.3 is 11.9 Å². The molecule has 0 radical (unpaired) electrons. The minimum absolute atomic E-state index is 0.152. The van der Waals surface area contributed by atoms with Gasteiger partial charge in [-0.05, 0) is 38.5 Å². The summed E-state index contributed by atoms with van der Waals surface area (Å²) in [5.74, 6) is -2.26. The van der Waals surface area contributed by atoms with Gasteiger partial charge in [-0.1, -0.05) is 264 Å². The second kappa shape index (κ2) is 53.3. The molecule has 2 atom stereocenters. The zero-order valence-corrected chi connectivity index (χ0v) is 47.2. The third-order valence-electron chi connectivity index (χ3n) is 13.8. The summed E-state index contributed by atoms with van der Waals surface area (Å²) < 4.78 is 22.7. The minimum Gasteiger partial charge on any atom is -0.545 e. The molecule has 0 saturated carbocycles. The number of carboxylic acid groups (broad SMARTS) is 1. The van der Waals surface area contributed by atoms with Crippen molar-refractivity contribution in [3.05, 3.63) is 12.2 Å². The van der Waals surface area contributed by atoms with Gasteiger partial charge in [0.25, 0.3) is 0 Å². The van der Waals surface area contributed by atoms with Crippen molar-refractivity contribution in [2.45, 2.75) is 315 Å². The number of hydrogen-bond donors (Lipinski definition) is 0. The molecule has 414 valence electrons. The fraction of sp³-hybridized carbons (Fsp3) is 0.918. The van der Waals surface area contributed by atoms with Crippen LogP contribution in [-0.2, 0) is 33.3 Å². The standard InChI is InChI=1S/C61H117NO8/c1-6-8-10-12-14-16-18-20-22-24-25-26-27-28-29-30-31-32-33-34-35-36-38-40-42-44-46-48-50-52-59(64)70-57(56-69-61(60(65)66)67-54-53-62(3,4)5)55-68-58(63)51-49-47-45-43-41-39-37-23-21-19-17-15-13-11-9-7-2/h24-25,57,61H,6-23,26-56H2,1-5H3/b25-24-. The van der Waals surface area contributed by atoms with Crippen molar-refractivity contribution < 1.29 is 42.9 Å². The number of rotatable bonds is 57. The van der Waals surface area contributed by atoms with Gasteiger partial charge in [-0.2, -0.15) is 0 Å². The lowest BCUT2D eigenvalue weighted by Gasteiger charge is -2.26. The molecule has 70 heavy (non-hydrogen) atoms. The average molecular weight is 993 g/mol. The van der Waals surface area contributed by atoms with Gasteiger partial charge in [0.05, 0.1) is 40.3 Å². The molecule has 0 aromatic carbocycles. The maximum atomic E-state index is 12.9. The van der Waals surface area contributed by atoms with E-state index < -0.39 is 24.3 Å². The van der Waals surface area contributed by atoms with Crippen LogP contribution in [0.4, 0.5) is 0 Å². The van der Waals surface area contributed by atoms with Crippen LogP contribution in [0.25, 0.3) is 0 Å². The van der Waals surface area contributed by atoms with Crippen molar-refractivity contribution >= 4 is 17.9 Å². The zero-order valence-electron chi connectivity index (χ0n) is 47.2. The quantitative estimate of drug-likeness (QED) is 0.0195. The van der Waals surface area contributed by atoms with Crippen LogP contribution in [-0.4, -0.2) is 82.3 Å². The summed E-state index contributed by atoms with van der Waals surface area (Å²) in [6.07, 6.45) is 58.4. The SMILES string of the molecule is CCCCCCCCCC/C=C\CCCCCCCCCCCCCCCCCCCC(=O)OC(COC(=O)CCCCCCCCCCCCCCCCCC)COC(OCC[N+](C)(C)C)C(=O)[O-]. The van der Waals surface area contributed by atoms with E-state index in [2.05, 4.69) is 26.0 Å². The number of carboxylic acids is 1. The molecule has 0 aliphatic heterocycles. The van der Waals surface area contributed by atoms with E-state index in [1.165, 1.54) is 238 Å². The predicted molar refractivity (Wildman–Crippen MR) is 293 cm³/mol. The van der Waals surface area contributed by atoms with Gasteiger partial charge in [-0.25, -0.2) is 0 Å². The lowest BCUT2D eigenvalue weighted by molar-refractivity contribution is -0.870. The number of carbonyl (C=O) groups excluding carboxylic acids is 3. The Kier molecular flexibility index (Phi) is 51.8. The van der Waals surface area contributed by atoms with Crippen molar-refractivity contribution in [1.82, 2.24) is 0 Å². The van der Waals surface area contributed by atoms with Gasteiger partial charge in [-0.15, -0.1) is 0 Å². The normalized spacial score (nSPS) is 12.8. The molecule has 0 spiro atoms. The number of hydrogen-bond acceptors (Lipinski definition) is 8. The van der Waals surface area contributed by atoms with Crippen LogP contribution < -0.4 is 5.11 Å². The van der Waals surface area contributed by atoms with Crippen molar-refractivity contribution in [3.8, 4) is 0 Å². The number of allylic oxidation sites excluding steroid dienone is 2. The largest absolute Gasteiger partial charge is 0.545 e. The summed E-state index contributed by atoms with van der Waals surface area (Å²) in [7, 11) is 5.93. The van der Waals surface area contributed by atoms with E-state index in [1.807, 2.05) is 21.1 Å². The molecular weight excluding hydrogens is 875 g/mol. The summed E-state index contributed by atoms with van der Waals surface area (Å²) in [5.41, 5.74) is 0. The van der Waals surface area contributed by atoms with E-state index in [4.69, 9.17) is 18.9 Å². The summed E-state index contributed by atoms with van der Waals surface area (Å²) in [5, 5.41) is 11.8. The number of ether oxygens (including phenoxy) is 4. The molecule has 9 nitrogen and oxygen atoms in total. The molecule has 9 heteroatoms. The number of nitrogens with zero attached hydrogens (tertiary/aromatic N) is 1. The first-order chi connectivity index (χ1) is 34.1.